The number of carbonyl (C=O) groups excluding carboxylic acids is 1. The Labute approximate surface area is 109 Å². The van der Waals surface area contributed by atoms with Crippen molar-refractivity contribution in [3.05, 3.63) is 36.0 Å². The van der Waals surface area contributed by atoms with E-state index in [1.54, 1.807) is 6.92 Å². The molecule has 2 rings (SSSR count). The summed E-state index contributed by atoms with van der Waals surface area (Å²) in [4.78, 5) is 13.8. The molecule has 19 heavy (non-hydrogen) atoms. The molecule has 0 saturated heterocycles. The van der Waals surface area contributed by atoms with E-state index < -0.39 is 5.97 Å². The highest BCUT2D eigenvalue weighted by Crippen LogP contribution is 2.35. The van der Waals surface area contributed by atoms with Gasteiger partial charge in [-0.3, -0.25) is 0 Å². The molecular formula is C13H13N3O3. The second-order valence-electron chi connectivity index (χ2n) is 3.88. The molecular weight excluding hydrogens is 246 g/mol. The number of rotatable bonds is 3. The summed E-state index contributed by atoms with van der Waals surface area (Å²) < 4.78 is 4.48. The highest BCUT2D eigenvalue weighted by Gasteiger charge is 2.09. The number of allylic oxidation sites excluding steroid dienone is 1. The van der Waals surface area contributed by atoms with Gasteiger partial charge in [-0.1, -0.05) is 18.2 Å². The van der Waals surface area contributed by atoms with Gasteiger partial charge in [0.2, 0.25) is 5.88 Å². The lowest BCUT2D eigenvalue weighted by molar-refractivity contribution is -0.134. The Morgan fingerprint density at radius 2 is 2.16 bits per heavy atom. The van der Waals surface area contributed by atoms with Gasteiger partial charge in [0.1, 0.15) is 0 Å². The molecule has 0 aliphatic heterocycles. The molecule has 98 valence electrons. The maximum absolute atomic E-state index is 11.0. The SMILES string of the molecule is COC(=O)C=C(C)N=Nc1c(O)[nH]c2ccccc12. The molecule has 2 N–H and O–H groups in total. The molecule has 0 unspecified atom stereocenters. The minimum Gasteiger partial charge on any atom is -0.493 e. The van der Waals surface area contributed by atoms with Crippen LogP contribution in [0.4, 0.5) is 5.69 Å². The highest BCUT2D eigenvalue weighted by molar-refractivity contribution is 5.94. The molecule has 0 atom stereocenters. The lowest BCUT2D eigenvalue weighted by atomic mass is 10.2. The first-order valence-corrected chi connectivity index (χ1v) is 5.59. The van der Waals surface area contributed by atoms with E-state index in [-0.39, 0.29) is 5.88 Å². The van der Waals surface area contributed by atoms with Crippen LogP contribution in [-0.4, -0.2) is 23.2 Å². The summed E-state index contributed by atoms with van der Waals surface area (Å²) in [5.74, 6) is -0.560. The van der Waals surface area contributed by atoms with E-state index in [0.717, 1.165) is 10.9 Å². The summed E-state index contributed by atoms with van der Waals surface area (Å²) in [6.07, 6.45) is 1.22. The smallest absolute Gasteiger partial charge is 0.332 e. The molecule has 2 aromatic rings. The fourth-order valence-electron chi connectivity index (χ4n) is 1.60. The number of methoxy groups -OCH3 is 1. The standard InChI is InChI=1S/C13H13N3O3/c1-8(7-11(17)19-2)15-16-12-9-5-3-4-6-10(9)14-13(12)18/h3-7,14,18H,1-2H3. The van der Waals surface area contributed by atoms with Gasteiger partial charge in [0.15, 0.2) is 5.69 Å². The molecule has 0 aliphatic carbocycles. The summed E-state index contributed by atoms with van der Waals surface area (Å²) in [6.45, 7) is 1.62. The molecule has 1 aromatic carbocycles. The number of carbonyl (C=O) groups is 1. The number of aromatic hydroxyl groups is 1. The minimum atomic E-state index is -0.500. The second kappa shape index (κ2) is 5.34. The van der Waals surface area contributed by atoms with Crippen LogP contribution >= 0.6 is 0 Å². The molecule has 0 bridgehead atoms. The van der Waals surface area contributed by atoms with Crippen LogP contribution in [0.15, 0.2) is 46.3 Å². The molecule has 1 heterocycles. The number of aromatic amines is 1. The first kappa shape index (κ1) is 12.8. The van der Waals surface area contributed by atoms with Crippen molar-refractivity contribution < 1.29 is 14.6 Å². The summed E-state index contributed by atoms with van der Waals surface area (Å²) in [6, 6.07) is 7.33. The number of benzene rings is 1. The molecule has 1 aromatic heterocycles. The Kier molecular flexibility index (Phi) is 3.61. The van der Waals surface area contributed by atoms with Crippen LogP contribution in [0.1, 0.15) is 6.92 Å². The van der Waals surface area contributed by atoms with Crippen LogP contribution in [-0.2, 0) is 9.53 Å². The largest absolute Gasteiger partial charge is 0.493 e. The van der Waals surface area contributed by atoms with Gasteiger partial charge in [-0.25, -0.2) is 4.79 Å². The molecule has 6 nitrogen and oxygen atoms in total. The Morgan fingerprint density at radius 3 is 2.89 bits per heavy atom. The van der Waals surface area contributed by atoms with Gasteiger partial charge >= 0.3 is 5.97 Å². The van der Waals surface area contributed by atoms with Gasteiger partial charge in [-0.15, -0.1) is 5.11 Å². The van der Waals surface area contributed by atoms with Crippen LogP contribution in [0.25, 0.3) is 10.9 Å². The fourth-order valence-corrected chi connectivity index (χ4v) is 1.60. The Bertz CT molecular complexity index is 671. The number of nitrogens with zero attached hydrogens (tertiary/aromatic N) is 2. The van der Waals surface area contributed by atoms with Crippen molar-refractivity contribution in [2.75, 3.05) is 7.11 Å². The average Bonchev–Trinajstić information content (AvgIpc) is 2.71. The Morgan fingerprint density at radius 1 is 1.42 bits per heavy atom. The van der Waals surface area contributed by atoms with Crippen LogP contribution in [0, 0.1) is 0 Å². The van der Waals surface area contributed by atoms with E-state index in [1.807, 2.05) is 24.3 Å². The van der Waals surface area contributed by atoms with Gasteiger partial charge in [-0.2, -0.15) is 5.11 Å². The zero-order valence-corrected chi connectivity index (χ0v) is 10.5. The third-order valence-corrected chi connectivity index (χ3v) is 2.50. The minimum absolute atomic E-state index is 0.0594. The first-order chi connectivity index (χ1) is 9.11. The number of ether oxygens (including phenoxy) is 1. The summed E-state index contributed by atoms with van der Waals surface area (Å²) in [5.41, 5.74) is 1.49. The summed E-state index contributed by atoms with van der Waals surface area (Å²) in [5, 5.41) is 18.3. The van der Waals surface area contributed by atoms with Crippen molar-refractivity contribution in [3.8, 4) is 5.88 Å². The van der Waals surface area contributed by atoms with E-state index >= 15 is 0 Å². The Hall–Kier alpha value is -2.63. The molecule has 0 amide bonds. The van der Waals surface area contributed by atoms with E-state index in [1.165, 1.54) is 13.2 Å². The van der Waals surface area contributed by atoms with Gasteiger partial charge in [0.05, 0.1) is 18.3 Å². The quantitative estimate of drug-likeness (QED) is 0.504. The highest BCUT2D eigenvalue weighted by atomic mass is 16.5. The van der Waals surface area contributed by atoms with Crippen molar-refractivity contribution in [3.63, 3.8) is 0 Å². The van der Waals surface area contributed by atoms with Crippen LogP contribution < -0.4 is 0 Å². The monoisotopic (exact) mass is 259 g/mol. The second-order valence-corrected chi connectivity index (χ2v) is 3.88. The number of hydrogen-bond donors (Lipinski definition) is 2. The molecule has 0 aliphatic rings. The van der Waals surface area contributed by atoms with Gasteiger partial charge in [-0.05, 0) is 13.0 Å². The van der Waals surface area contributed by atoms with E-state index in [9.17, 15) is 9.90 Å². The van der Waals surface area contributed by atoms with Crippen LogP contribution in [0.2, 0.25) is 0 Å². The normalized spacial score (nSPS) is 12.2. The van der Waals surface area contributed by atoms with Crippen molar-refractivity contribution in [1.82, 2.24) is 4.98 Å². The number of azo groups is 1. The number of nitrogens with one attached hydrogen (secondary N) is 1. The summed E-state index contributed by atoms with van der Waals surface area (Å²) >= 11 is 0. The fraction of sp³-hybridized carbons (Fsp3) is 0.154. The lowest BCUT2D eigenvalue weighted by Crippen LogP contribution is -1.94. The zero-order valence-electron chi connectivity index (χ0n) is 10.5. The number of aromatic nitrogens is 1. The van der Waals surface area contributed by atoms with E-state index in [0.29, 0.717) is 11.4 Å². The predicted molar refractivity (Wildman–Crippen MR) is 70.3 cm³/mol. The maximum atomic E-state index is 11.0. The van der Waals surface area contributed by atoms with E-state index in [4.69, 9.17) is 0 Å². The van der Waals surface area contributed by atoms with Crippen molar-refractivity contribution >= 4 is 22.6 Å². The van der Waals surface area contributed by atoms with Crippen LogP contribution in [0.5, 0.6) is 5.88 Å². The number of hydrogen-bond acceptors (Lipinski definition) is 5. The third-order valence-electron chi connectivity index (χ3n) is 2.50. The average molecular weight is 259 g/mol. The van der Waals surface area contributed by atoms with Crippen molar-refractivity contribution in [1.29, 1.82) is 0 Å². The first-order valence-electron chi connectivity index (χ1n) is 5.59. The van der Waals surface area contributed by atoms with Gasteiger partial charge in [0, 0.05) is 11.5 Å². The van der Waals surface area contributed by atoms with Crippen molar-refractivity contribution in [2.45, 2.75) is 6.92 Å². The van der Waals surface area contributed by atoms with Crippen molar-refractivity contribution in [2.24, 2.45) is 10.2 Å². The van der Waals surface area contributed by atoms with Gasteiger partial charge < -0.3 is 14.8 Å². The lowest BCUT2D eigenvalue weighted by Gasteiger charge is -1.93. The number of fused-ring (bicyclic) bond motifs is 1. The molecule has 6 heteroatoms. The number of para-hydroxylation sites is 1. The number of H-pyrrole nitrogens is 1. The molecule has 0 radical (unpaired) electrons. The predicted octanol–water partition coefficient (Wildman–Crippen LogP) is 3.03. The molecule has 0 fully saturated rings. The molecule has 0 saturated carbocycles. The van der Waals surface area contributed by atoms with Crippen LogP contribution in [0.3, 0.4) is 0 Å². The molecule has 0 spiro atoms. The topological polar surface area (TPSA) is 87.0 Å². The Balaban J connectivity index is 2.33. The van der Waals surface area contributed by atoms with Gasteiger partial charge in [0.25, 0.3) is 0 Å². The summed E-state index contributed by atoms with van der Waals surface area (Å²) in [7, 11) is 1.29. The van der Waals surface area contributed by atoms with E-state index in [2.05, 4.69) is 19.9 Å². The third kappa shape index (κ3) is 2.79. The zero-order chi connectivity index (χ0) is 13.8. The maximum Gasteiger partial charge on any atom is 0.332 e. The number of esters is 1.